The number of benzene rings is 1. The molecule has 1 aromatic carbocycles. The Morgan fingerprint density at radius 3 is 1.87 bits per heavy atom. The van der Waals surface area contributed by atoms with E-state index in [2.05, 4.69) is 31.1 Å². The molecular weight excluding hydrogens is 400 g/mol. The average molecular weight is 435 g/mol. The van der Waals surface area contributed by atoms with E-state index in [-0.39, 0.29) is 13.2 Å². The van der Waals surface area contributed by atoms with Crippen LogP contribution in [0.3, 0.4) is 0 Å². The summed E-state index contributed by atoms with van der Waals surface area (Å²) in [5.41, 5.74) is 1.84. The summed E-state index contributed by atoms with van der Waals surface area (Å²) in [5.74, 6) is -2.31. The third kappa shape index (κ3) is 26.6. The number of ether oxygens (including phenoxy) is 1. The standard InChI is InChI=1S/C8H8.C7H12O2.C6H10O3.C3H4O2/c1-2-8-6-4-3-5-7-8;1-3-4-5-6(2)7(8)9;1-5(2)6(8)9-4-3-7;1-2-3(4)5/h2-7H,1H2;2-5H2,1H3,(H,8,9);7H,1,3-4H2,2H3;2H,1H2,(H,4,5). The van der Waals surface area contributed by atoms with E-state index in [4.69, 9.17) is 15.3 Å². The zero-order chi connectivity index (χ0) is 24.7. The summed E-state index contributed by atoms with van der Waals surface area (Å²) in [6.45, 7) is 16.8. The largest absolute Gasteiger partial charge is 0.478 e. The fraction of sp³-hybridized carbons (Fsp3) is 0.292. The van der Waals surface area contributed by atoms with Crippen LogP contribution in [0.5, 0.6) is 0 Å². The molecule has 0 spiro atoms. The van der Waals surface area contributed by atoms with Gasteiger partial charge in [-0.25, -0.2) is 14.4 Å². The molecule has 0 saturated carbocycles. The van der Waals surface area contributed by atoms with Crippen molar-refractivity contribution in [1.82, 2.24) is 0 Å². The molecule has 3 N–H and O–H groups in total. The highest BCUT2D eigenvalue weighted by Gasteiger charge is 2.01. The molecule has 0 heterocycles. The van der Waals surface area contributed by atoms with Crippen LogP contribution in [-0.2, 0) is 19.1 Å². The van der Waals surface area contributed by atoms with E-state index in [0.717, 1.165) is 18.9 Å². The number of aliphatic hydroxyl groups is 1. The molecule has 7 nitrogen and oxygen atoms in total. The molecule has 0 bridgehead atoms. The van der Waals surface area contributed by atoms with Crippen molar-refractivity contribution in [2.24, 2.45) is 0 Å². The molecule has 0 fully saturated rings. The van der Waals surface area contributed by atoms with Gasteiger partial charge in [-0.3, -0.25) is 0 Å². The maximum Gasteiger partial charge on any atom is 0.333 e. The minimum Gasteiger partial charge on any atom is -0.478 e. The number of aliphatic hydroxyl groups excluding tert-OH is 1. The van der Waals surface area contributed by atoms with Crippen LogP contribution in [0.25, 0.3) is 6.08 Å². The number of esters is 1. The zero-order valence-corrected chi connectivity index (χ0v) is 18.4. The fourth-order valence-corrected chi connectivity index (χ4v) is 1.35. The van der Waals surface area contributed by atoms with Gasteiger partial charge in [-0.1, -0.05) is 76.1 Å². The number of unbranched alkanes of at least 4 members (excludes halogenated alkanes) is 1. The fourth-order valence-electron chi connectivity index (χ4n) is 1.35. The molecule has 0 aromatic heterocycles. The van der Waals surface area contributed by atoms with E-state index < -0.39 is 17.9 Å². The van der Waals surface area contributed by atoms with Gasteiger partial charge in [-0.05, 0) is 25.3 Å². The van der Waals surface area contributed by atoms with Gasteiger partial charge in [0.15, 0.2) is 0 Å². The van der Waals surface area contributed by atoms with Gasteiger partial charge in [-0.2, -0.15) is 0 Å². The van der Waals surface area contributed by atoms with Crippen molar-refractivity contribution < 1.29 is 34.4 Å². The Hall–Kier alpha value is -3.45. The van der Waals surface area contributed by atoms with Gasteiger partial charge in [-0.15, -0.1) is 0 Å². The Labute approximate surface area is 184 Å². The molecule has 0 radical (unpaired) electrons. The monoisotopic (exact) mass is 434 g/mol. The first kappa shape index (κ1) is 32.2. The molecule has 1 rings (SSSR count). The number of carboxylic acids is 2. The number of hydrogen-bond acceptors (Lipinski definition) is 5. The van der Waals surface area contributed by atoms with E-state index in [1.54, 1.807) is 6.92 Å². The normalized spacial score (nSPS) is 8.35. The Morgan fingerprint density at radius 2 is 1.58 bits per heavy atom. The Balaban J connectivity index is -0.000000344. The lowest BCUT2D eigenvalue weighted by atomic mass is 10.1. The van der Waals surface area contributed by atoms with Crippen molar-refractivity contribution in [3.63, 3.8) is 0 Å². The summed E-state index contributed by atoms with van der Waals surface area (Å²) in [7, 11) is 0. The van der Waals surface area contributed by atoms with Crippen LogP contribution < -0.4 is 0 Å². The smallest absolute Gasteiger partial charge is 0.333 e. The van der Waals surface area contributed by atoms with Crippen molar-refractivity contribution in [1.29, 1.82) is 0 Å². The van der Waals surface area contributed by atoms with Crippen LogP contribution in [0.1, 0.15) is 38.7 Å². The van der Waals surface area contributed by atoms with E-state index in [1.165, 1.54) is 5.56 Å². The van der Waals surface area contributed by atoms with Crippen LogP contribution in [-0.4, -0.2) is 46.4 Å². The van der Waals surface area contributed by atoms with Gasteiger partial charge in [0.2, 0.25) is 0 Å². The first-order valence-corrected chi connectivity index (χ1v) is 9.44. The quantitative estimate of drug-likeness (QED) is 0.386. The molecule has 0 amide bonds. The predicted molar refractivity (Wildman–Crippen MR) is 124 cm³/mol. The van der Waals surface area contributed by atoms with Crippen molar-refractivity contribution in [2.45, 2.75) is 33.1 Å². The number of rotatable bonds is 9. The van der Waals surface area contributed by atoms with E-state index >= 15 is 0 Å². The summed E-state index contributed by atoms with van der Waals surface area (Å²) in [6, 6.07) is 10.0. The number of carboxylic acid groups (broad SMARTS) is 2. The van der Waals surface area contributed by atoms with Crippen molar-refractivity contribution in [3.05, 3.63) is 79.4 Å². The molecule has 172 valence electrons. The highest BCUT2D eigenvalue weighted by molar-refractivity contribution is 5.87. The van der Waals surface area contributed by atoms with E-state index in [9.17, 15) is 14.4 Å². The lowest BCUT2D eigenvalue weighted by Crippen LogP contribution is -2.08. The zero-order valence-electron chi connectivity index (χ0n) is 18.4. The van der Waals surface area contributed by atoms with Crippen LogP contribution >= 0.6 is 0 Å². The van der Waals surface area contributed by atoms with Crippen LogP contribution in [0, 0.1) is 0 Å². The van der Waals surface area contributed by atoms with Crippen LogP contribution in [0.4, 0.5) is 0 Å². The second-order valence-corrected chi connectivity index (χ2v) is 5.81. The number of carbonyl (C=O) groups is 3. The van der Waals surface area contributed by atoms with Crippen molar-refractivity contribution in [3.8, 4) is 0 Å². The summed E-state index contributed by atoms with van der Waals surface area (Å²) in [5, 5.41) is 24.1. The maximum absolute atomic E-state index is 10.5. The number of hydrogen-bond donors (Lipinski definition) is 3. The molecule has 31 heavy (non-hydrogen) atoms. The lowest BCUT2D eigenvalue weighted by molar-refractivity contribution is -0.140. The third-order valence-corrected chi connectivity index (χ3v) is 3.02. The lowest BCUT2D eigenvalue weighted by Gasteiger charge is -1.99. The summed E-state index contributed by atoms with van der Waals surface area (Å²) >= 11 is 0. The molecule has 0 aliphatic carbocycles. The van der Waals surface area contributed by atoms with Gasteiger partial charge >= 0.3 is 17.9 Å². The Morgan fingerprint density at radius 1 is 1.06 bits per heavy atom. The second kappa shape index (κ2) is 22.8. The maximum atomic E-state index is 10.5. The first-order chi connectivity index (χ1) is 14.6. The van der Waals surface area contributed by atoms with Crippen LogP contribution in [0.2, 0.25) is 0 Å². The molecule has 0 atom stereocenters. The Kier molecular flexibility index (Phi) is 23.7. The second-order valence-electron chi connectivity index (χ2n) is 5.81. The molecule has 0 aliphatic heterocycles. The molecular formula is C24H34O7. The minimum absolute atomic E-state index is 0.0473. The van der Waals surface area contributed by atoms with Gasteiger partial charge in [0.05, 0.1) is 6.61 Å². The van der Waals surface area contributed by atoms with E-state index in [1.807, 2.05) is 43.3 Å². The summed E-state index contributed by atoms with van der Waals surface area (Å²) in [4.78, 5) is 29.8. The topological polar surface area (TPSA) is 121 Å². The molecule has 7 heteroatoms. The van der Waals surface area contributed by atoms with Crippen molar-refractivity contribution >= 4 is 24.0 Å². The average Bonchev–Trinajstić information content (AvgIpc) is 2.77. The third-order valence-electron chi connectivity index (χ3n) is 3.02. The molecule has 1 aromatic rings. The Bertz CT molecular complexity index is 661. The summed E-state index contributed by atoms with van der Waals surface area (Å²) in [6.07, 6.45) is 5.23. The SMILES string of the molecule is C=C(C)C(=O)OCCO.C=C(CCCC)C(=O)O.C=CC(=O)O.C=Cc1ccccc1. The minimum atomic E-state index is -0.981. The molecule has 0 unspecified atom stereocenters. The predicted octanol–water partition coefficient (Wildman–Crippen LogP) is 4.50. The van der Waals surface area contributed by atoms with Gasteiger partial charge < -0.3 is 20.1 Å². The van der Waals surface area contributed by atoms with E-state index in [0.29, 0.717) is 17.6 Å². The highest BCUT2D eigenvalue weighted by Crippen LogP contribution is 2.03. The van der Waals surface area contributed by atoms with Gasteiger partial charge in [0.25, 0.3) is 0 Å². The molecule has 0 aliphatic rings. The summed E-state index contributed by atoms with van der Waals surface area (Å²) < 4.78 is 4.46. The van der Waals surface area contributed by atoms with Gasteiger partial charge in [0.1, 0.15) is 6.61 Å². The van der Waals surface area contributed by atoms with Crippen LogP contribution in [0.15, 0.2) is 73.9 Å². The van der Waals surface area contributed by atoms with Crippen molar-refractivity contribution in [2.75, 3.05) is 13.2 Å². The van der Waals surface area contributed by atoms with Gasteiger partial charge in [0, 0.05) is 17.2 Å². The highest BCUT2D eigenvalue weighted by atomic mass is 16.5. The first-order valence-electron chi connectivity index (χ1n) is 9.44. The molecule has 0 saturated heterocycles. The number of carbonyl (C=O) groups excluding carboxylic acids is 1. The number of aliphatic carboxylic acids is 2.